The van der Waals surface area contributed by atoms with E-state index in [1.165, 1.54) is 10.7 Å². The van der Waals surface area contributed by atoms with Gasteiger partial charge < -0.3 is 5.32 Å². The van der Waals surface area contributed by atoms with Gasteiger partial charge in [-0.25, -0.2) is 0 Å². The van der Waals surface area contributed by atoms with Gasteiger partial charge in [-0.3, -0.25) is 29.7 Å². The standard InChI is InChI=1S/C19H16FN5O5/c1-11-18(25(29)30)12(2)23(22-11)10-13-3-5-14(6-4-13)19(26)21-15-7-8-16(20)17(9-15)24(27)28/h3-9H,10H2,1-2H3,(H,21,26). The molecule has 0 unspecified atom stereocenters. The molecule has 3 aromatic rings. The second kappa shape index (κ2) is 8.07. The number of rotatable bonds is 6. The van der Waals surface area contributed by atoms with Gasteiger partial charge in [-0.1, -0.05) is 12.1 Å². The number of benzene rings is 2. The Balaban J connectivity index is 1.74. The smallest absolute Gasteiger partial charge is 0.312 e. The molecule has 0 aliphatic rings. The molecular formula is C19H16FN5O5. The maximum Gasteiger partial charge on any atom is 0.312 e. The van der Waals surface area contributed by atoms with Gasteiger partial charge in [0.1, 0.15) is 11.4 Å². The van der Waals surface area contributed by atoms with E-state index in [0.717, 1.165) is 17.7 Å². The van der Waals surface area contributed by atoms with Crippen LogP contribution >= 0.6 is 0 Å². The highest BCUT2D eigenvalue weighted by Gasteiger charge is 2.21. The molecule has 154 valence electrons. The molecule has 0 saturated heterocycles. The molecule has 0 fully saturated rings. The maximum absolute atomic E-state index is 13.4. The van der Waals surface area contributed by atoms with Crippen LogP contribution in [0.1, 0.15) is 27.3 Å². The molecule has 0 saturated carbocycles. The number of hydrogen-bond donors (Lipinski definition) is 1. The number of nitrogens with zero attached hydrogens (tertiary/aromatic N) is 4. The number of hydrogen-bond acceptors (Lipinski definition) is 6. The largest absolute Gasteiger partial charge is 0.322 e. The summed E-state index contributed by atoms with van der Waals surface area (Å²) in [5, 5.41) is 28.6. The van der Waals surface area contributed by atoms with Crippen LogP contribution in [0.4, 0.5) is 21.5 Å². The molecular weight excluding hydrogens is 397 g/mol. The number of nitrogens with one attached hydrogen (secondary N) is 1. The minimum absolute atomic E-state index is 0.0283. The van der Waals surface area contributed by atoms with E-state index in [9.17, 15) is 29.4 Å². The SMILES string of the molecule is Cc1nn(Cc2ccc(C(=O)Nc3ccc(F)c([N+](=O)[O-])c3)cc2)c(C)c1[N+](=O)[O-]. The normalized spacial score (nSPS) is 10.6. The lowest BCUT2D eigenvalue weighted by atomic mass is 10.1. The summed E-state index contributed by atoms with van der Waals surface area (Å²) in [5.41, 5.74) is 1.13. The Morgan fingerprint density at radius 2 is 1.77 bits per heavy atom. The van der Waals surface area contributed by atoms with Gasteiger partial charge in [-0.15, -0.1) is 0 Å². The highest BCUT2D eigenvalue weighted by Crippen LogP contribution is 2.24. The Bertz CT molecular complexity index is 1160. The van der Waals surface area contributed by atoms with Gasteiger partial charge in [0, 0.05) is 17.3 Å². The van der Waals surface area contributed by atoms with Gasteiger partial charge in [-0.2, -0.15) is 9.49 Å². The first-order valence-electron chi connectivity index (χ1n) is 8.70. The van der Waals surface area contributed by atoms with Crippen LogP contribution in [0.3, 0.4) is 0 Å². The van der Waals surface area contributed by atoms with Crippen LogP contribution in [0.2, 0.25) is 0 Å². The summed E-state index contributed by atoms with van der Waals surface area (Å²) in [6, 6.07) is 9.51. The van der Waals surface area contributed by atoms with Gasteiger partial charge >= 0.3 is 11.4 Å². The van der Waals surface area contributed by atoms with Crippen molar-refractivity contribution in [3.8, 4) is 0 Å². The lowest BCUT2D eigenvalue weighted by Crippen LogP contribution is -2.12. The molecule has 0 bridgehead atoms. The summed E-state index contributed by atoms with van der Waals surface area (Å²) >= 11 is 0. The monoisotopic (exact) mass is 413 g/mol. The van der Waals surface area contributed by atoms with Gasteiger partial charge in [0.15, 0.2) is 0 Å². The first-order valence-corrected chi connectivity index (χ1v) is 8.70. The Morgan fingerprint density at radius 3 is 2.33 bits per heavy atom. The third kappa shape index (κ3) is 4.14. The van der Waals surface area contributed by atoms with E-state index in [-0.39, 0.29) is 23.5 Å². The second-order valence-electron chi connectivity index (χ2n) is 6.51. The summed E-state index contributed by atoms with van der Waals surface area (Å²) in [7, 11) is 0. The molecule has 2 aromatic carbocycles. The Morgan fingerprint density at radius 1 is 1.10 bits per heavy atom. The summed E-state index contributed by atoms with van der Waals surface area (Å²) in [4.78, 5) is 32.9. The predicted octanol–water partition coefficient (Wildman–Crippen LogP) is 3.76. The summed E-state index contributed by atoms with van der Waals surface area (Å²) in [5.74, 6) is -1.52. The van der Waals surface area contributed by atoms with Crippen molar-refractivity contribution in [1.82, 2.24) is 9.78 Å². The van der Waals surface area contributed by atoms with Crippen LogP contribution in [0.25, 0.3) is 0 Å². The van der Waals surface area contributed by atoms with Crippen LogP contribution in [0.15, 0.2) is 42.5 Å². The molecule has 1 aromatic heterocycles. The van der Waals surface area contributed by atoms with Gasteiger partial charge in [0.2, 0.25) is 5.82 Å². The van der Waals surface area contributed by atoms with Crippen molar-refractivity contribution >= 4 is 23.0 Å². The number of amides is 1. The lowest BCUT2D eigenvalue weighted by Gasteiger charge is -2.07. The average Bonchev–Trinajstić information content (AvgIpc) is 2.96. The highest BCUT2D eigenvalue weighted by molar-refractivity contribution is 6.04. The predicted molar refractivity (Wildman–Crippen MR) is 105 cm³/mol. The fourth-order valence-electron chi connectivity index (χ4n) is 2.97. The Kier molecular flexibility index (Phi) is 5.54. The quantitative estimate of drug-likeness (QED) is 0.483. The molecule has 0 aliphatic heterocycles. The molecule has 0 atom stereocenters. The number of carbonyl (C=O) groups is 1. The molecule has 3 rings (SSSR count). The van der Waals surface area contributed by atoms with E-state index in [0.29, 0.717) is 11.4 Å². The van der Waals surface area contributed by atoms with Crippen molar-refractivity contribution in [3.05, 3.63) is 91.0 Å². The number of nitro benzene ring substituents is 1. The van der Waals surface area contributed by atoms with Crippen molar-refractivity contribution in [2.24, 2.45) is 0 Å². The zero-order valence-corrected chi connectivity index (χ0v) is 16.0. The van der Waals surface area contributed by atoms with E-state index in [1.54, 1.807) is 38.1 Å². The number of aryl methyl sites for hydroxylation is 1. The molecule has 0 spiro atoms. The molecule has 0 aliphatic carbocycles. The number of anilines is 1. The molecule has 30 heavy (non-hydrogen) atoms. The van der Waals surface area contributed by atoms with Crippen LogP contribution in [-0.4, -0.2) is 25.5 Å². The first kappa shape index (κ1) is 20.6. The number of nitro groups is 2. The third-order valence-electron chi connectivity index (χ3n) is 4.48. The number of aromatic nitrogens is 2. The minimum atomic E-state index is -0.994. The van der Waals surface area contributed by atoms with Crippen molar-refractivity contribution in [2.45, 2.75) is 20.4 Å². The topological polar surface area (TPSA) is 133 Å². The fraction of sp³-hybridized carbons (Fsp3) is 0.158. The molecule has 1 N–H and O–H groups in total. The second-order valence-corrected chi connectivity index (χ2v) is 6.51. The molecule has 0 radical (unpaired) electrons. The van der Waals surface area contributed by atoms with Crippen LogP contribution in [0, 0.1) is 39.9 Å². The molecule has 1 amide bonds. The van der Waals surface area contributed by atoms with E-state index in [2.05, 4.69) is 10.4 Å². The van der Waals surface area contributed by atoms with Crippen LogP contribution < -0.4 is 5.32 Å². The highest BCUT2D eigenvalue weighted by atomic mass is 19.1. The third-order valence-corrected chi connectivity index (χ3v) is 4.48. The van der Waals surface area contributed by atoms with E-state index in [4.69, 9.17) is 0 Å². The number of halogens is 1. The summed E-state index contributed by atoms with van der Waals surface area (Å²) in [6.45, 7) is 3.46. The van der Waals surface area contributed by atoms with E-state index >= 15 is 0 Å². The van der Waals surface area contributed by atoms with Crippen molar-refractivity contribution in [1.29, 1.82) is 0 Å². The lowest BCUT2D eigenvalue weighted by molar-refractivity contribution is -0.387. The van der Waals surface area contributed by atoms with E-state index < -0.39 is 27.3 Å². The zero-order chi connectivity index (χ0) is 22.0. The fourth-order valence-corrected chi connectivity index (χ4v) is 2.97. The summed E-state index contributed by atoms with van der Waals surface area (Å²) < 4.78 is 14.9. The van der Waals surface area contributed by atoms with Crippen LogP contribution in [0.5, 0.6) is 0 Å². The van der Waals surface area contributed by atoms with Gasteiger partial charge in [0.05, 0.1) is 16.4 Å². The van der Waals surface area contributed by atoms with Crippen molar-refractivity contribution in [2.75, 3.05) is 5.32 Å². The summed E-state index contributed by atoms with van der Waals surface area (Å²) in [6.07, 6.45) is 0. The number of carbonyl (C=O) groups excluding carboxylic acids is 1. The Labute approximate surface area is 169 Å². The maximum atomic E-state index is 13.4. The molecule has 1 heterocycles. The first-order chi connectivity index (χ1) is 14.2. The minimum Gasteiger partial charge on any atom is -0.322 e. The van der Waals surface area contributed by atoms with Crippen molar-refractivity contribution < 1.29 is 19.0 Å². The molecule has 10 nitrogen and oxygen atoms in total. The average molecular weight is 413 g/mol. The van der Waals surface area contributed by atoms with E-state index in [1.807, 2.05) is 0 Å². The van der Waals surface area contributed by atoms with Crippen LogP contribution in [-0.2, 0) is 6.54 Å². The van der Waals surface area contributed by atoms with Gasteiger partial charge in [-0.05, 0) is 43.7 Å². The van der Waals surface area contributed by atoms with Crippen molar-refractivity contribution in [3.63, 3.8) is 0 Å². The van der Waals surface area contributed by atoms with Gasteiger partial charge in [0.25, 0.3) is 5.91 Å². The molecule has 11 heteroatoms. The zero-order valence-electron chi connectivity index (χ0n) is 16.0. The Hall–Kier alpha value is -4.15.